The van der Waals surface area contributed by atoms with Crippen LogP contribution in [-0.2, 0) is 6.54 Å². The Kier molecular flexibility index (Phi) is 3.96. The molecule has 0 aliphatic heterocycles. The Morgan fingerprint density at radius 2 is 2.32 bits per heavy atom. The number of rotatable bonds is 4. The van der Waals surface area contributed by atoms with Crippen LogP contribution in [0.4, 0.5) is 5.95 Å². The fraction of sp³-hybridized carbons (Fsp3) is 0.250. The molecule has 0 saturated heterocycles. The first-order valence-corrected chi connectivity index (χ1v) is 6.60. The zero-order chi connectivity index (χ0) is 13.8. The van der Waals surface area contributed by atoms with E-state index in [1.807, 2.05) is 24.3 Å². The van der Waals surface area contributed by atoms with E-state index in [0.29, 0.717) is 18.2 Å². The van der Waals surface area contributed by atoms with Gasteiger partial charge in [-0.3, -0.25) is 0 Å². The molecule has 0 atom stereocenters. The number of anilines is 1. The van der Waals surface area contributed by atoms with Gasteiger partial charge in [-0.1, -0.05) is 5.16 Å². The molecule has 7 heteroatoms. The Bertz CT molecular complexity index is 582. The van der Waals surface area contributed by atoms with Crippen LogP contribution in [-0.4, -0.2) is 28.1 Å². The van der Waals surface area contributed by atoms with Crippen molar-refractivity contribution in [1.29, 1.82) is 0 Å². The molecule has 100 valence electrons. The van der Waals surface area contributed by atoms with Crippen LogP contribution >= 0.6 is 11.3 Å². The molecule has 0 unspecified atom stereocenters. The lowest BCUT2D eigenvalue weighted by molar-refractivity contribution is 0.318. The fourth-order valence-electron chi connectivity index (χ4n) is 1.63. The minimum absolute atomic E-state index is 0.0179. The normalized spacial score (nSPS) is 11.6. The lowest BCUT2D eigenvalue weighted by atomic mass is 10.3. The minimum atomic E-state index is -0.0179. The van der Waals surface area contributed by atoms with Crippen molar-refractivity contribution in [1.82, 2.24) is 9.97 Å². The molecule has 0 spiro atoms. The Balaban J connectivity index is 2.26. The van der Waals surface area contributed by atoms with E-state index in [-0.39, 0.29) is 5.84 Å². The standard InChI is InChI=1S/C12H15N5OS/c1-8-5-10(11(13)16-18)15-12(14-8)17(2)6-9-3-4-19-7-9/h3-5,7,18H,6H2,1-2H3,(H2,13,16). The highest BCUT2D eigenvalue weighted by atomic mass is 32.1. The highest BCUT2D eigenvalue weighted by molar-refractivity contribution is 7.07. The van der Waals surface area contributed by atoms with E-state index < -0.39 is 0 Å². The molecular formula is C12H15N5OS. The van der Waals surface area contributed by atoms with Gasteiger partial charge >= 0.3 is 0 Å². The summed E-state index contributed by atoms with van der Waals surface area (Å²) < 4.78 is 0. The fourth-order valence-corrected chi connectivity index (χ4v) is 2.29. The first-order chi connectivity index (χ1) is 9.10. The second-order valence-corrected chi connectivity index (χ2v) is 4.95. The Morgan fingerprint density at radius 1 is 1.53 bits per heavy atom. The summed E-state index contributed by atoms with van der Waals surface area (Å²) in [7, 11) is 1.91. The van der Waals surface area contributed by atoms with Gasteiger partial charge in [0.15, 0.2) is 5.84 Å². The highest BCUT2D eigenvalue weighted by Gasteiger charge is 2.10. The van der Waals surface area contributed by atoms with Gasteiger partial charge in [-0.2, -0.15) is 11.3 Å². The quantitative estimate of drug-likeness (QED) is 0.383. The van der Waals surface area contributed by atoms with Crippen molar-refractivity contribution < 1.29 is 5.21 Å². The van der Waals surface area contributed by atoms with Crippen LogP contribution < -0.4 is 10.6 Å². The Labute approximate surface area is 115 Å². The lowest BCUT2D eigenvalue weighted by Crippen LogP contribution is -2.22. The number of aromatic nitrogens is 2. The molecule has 0 bridgehead atoms. The van der Waals surface area contributed by atoms with Crippen LogP contribution in [0.15, 0.2) is 28.0 Å². The first-order valence-electron chi connectivity index (χ1n) is 5.66. The van der Waals surface area contributed by atoms with Gasteiger partial charge < -0.3 is 15.8 Å². The van der Waals surface area contributed by atoms with E-state index in [2.05, 4.69) is 26.6 Å². The summed E-state index contributed by atoms with van der Waals surface area (Å²) in [6.45, 7) is 2.56. The smallest absolute Gasteiger partial charge is 0.226 e. The molecular weight excluding hydrogens is 262 g/mol. The number of hydrogen-bond acceptors (Lipinski definition) is 6. The van der Waals surface area contributed by atoms with Crippen LogP contribution in [0.3, 0.4) is 0 Å². The summed E-state index contributed by atoms with van der Waals surface area (Å²) in [4.78, 5) is 10.6. The third-order valence-electron chi connectivity index (χ3n) is 2.55. The summed E-state index contributed by atoms with van der Waals surface area (Å²) in [5.41, 5.74) is 7.94. The molecule has 6 nitrogen and oxygen atoms in total. The van der Waals surface area contributed by atoms with E-state index >= 15 is 0 Å². The summed E-state index contributed by atoms with van der Waals surface area (Å²) in [6, 6.07) is 3.73. The van der Waals surface area contributed by atoms with Crippen molar-refractivity contribution in [2.24, 2.45) is 10.9 Å². The van der Waals surface area contributed by atoms with Crippen molar-refractivity contribution in [2.75, 3.05) is 11.9 Å². The van der Waals surface area contributed by atoms with Gasteiger partial charge in [0.2, 0.25) is 5.95 Å². The number of oxime groups is 1. The van der Waals surface area contributed by atoms with Crippen LogP contribution in [0.5, 0.6) is 0 Å². The van der Waals surface area contributed by atoms with Gasteiger partial charge in [0.05, 0.1) is 0 Å². The maximum Gasteiger partial charge on any atom is 0.226 e. The minimum Gasteiger partial charge on any atom is -0.409 e. The van der Waals surface area contributed by atoms with E-state index in [1.165, 1.54) is 5.56 Å². The number of aryl methyl sites for hydroxylation is 1. The van der Waals surface area contributed by atoms with Crippen molar-refractivity contribution in [3.8, 4) is 0 Å². The maximum absolute atomic E-state index is 8.71. The SMILES string of the molecule is Cc1cc(/C(N)=N/O)nc(N(C)Cc2ccsc2)n1. The Hall–Kier alpha value is -2.15. The van der Waals surface area contributed by atoms with Crippen molar-refractivity contribution >= 4 is 23.1 Å². The number of nitrogens with two attached hydrogens (primary N) is 1. The zero-order valence-electron chi connectivity index (χ0n) is 10.7. The molecule has 0 aliphatic carbocycles. The van der Waals surface area contributed by atoms with Crippen molar-refractivity contribution in [3.63, 3.8) is 0 Å². The molecule has 2 aromatic rings. The molecule has 0 amide bonds. The largest absolute Gasteiger partial charge is 0.409 e. The van der Waals surface area contributed by atoms with E-state index in [0.717, 1.165) is 5.69 Å². The van der Waals surface area contributed by atoms with E-state index in [4.69, 9.17) is 10.9 Å². The van der Waals surface area contributed by atoms with Crippen LogP contribution in [0, 0.1) is 6.92 Å². The van der Waals surface area contributed by atoms with E-state index in [1.54, 1.807) is 17.4 Å². The second kappa shape index (κ2) is 5.66. The molecule has 0 radical (unpaired) electrons. The van der Waals surface area contributed by atoms with Crippen molar-refractivity contribution in [2.45, 2.75) is 13.5 Å². The predicted molar refractivity (Wildman–Crippen MR) is 75.7 cm³/mol. The molecule has 2 heterocycles. The van der Waals surface area contributed by atoms with Gasteiger partial charge in [0.1, 0.15) is 5.69 Å². The van der Waals surface area contributed by atoms with Crippen LogP contribution in [0.25, 0.3) is 0 Å². The van der Waals surface area contributed by atoms with Gasteiger partial charge in [-0.05, 0) is 35.4 Å². The average molecular weight is 277 g/mol. The lowest BCUT2D eigenvalue weighted by Gasteiger charge is -2.17. The molecule has 0 fully saturated rings. The summed E-state index contributed by atoms with van der Waals surface area (Å²) in [6.07, 6.45) is 0. The first kappa shape index (κ1) is 13.3. The molecule has 3 N–H and O–H groups in total. The number of hydrogen-bond donors (Lipinski definition) is 2. The van der Waals surface area contributed by atoms with Crippen LogP contribution in [0.2, 0.25) is 0 Å². The molecule has 0 aliphatic rings. The van der Waals surface area contributed by atoms with Gasteiger partial charge in [0.25, 0.3) is 0 Å². The summed E-state index contributed by atoms with van der Waals surface area (Å²) in [5.74, 6) is 0.531. The third kappa shape index (κ3) is 3.19. The molecule has 0 saturated carbocycles. The molecule has 19 heavy (non-hydrogen) atoms. The number of thiophene rings is 1. The Morgan fingerprint density at radius 3 is 2.95 bits per heavy atom. The molecule has 2 aromatic heterocycles. The zero-order valence-corrected chi connectivity index (χ0v) is 11.6. The van der Waals surface area contributed by atoms with Gasteiger partial charge in [-0.15, -0.1) is 0 Å². The second-order valence-electron chi connectivity index (χ2n) is 4.17. The summed E-state index contributed by atoms with van der Waals surface area (Å²) in [5, 5.41) is 15.8. The monoisotopic (exact) mass is 277 g/mol. The van der Waals surface area contributed by atoms with Gasteiger partial charge in [-0.25, -0.2) is 9.97 Å². The highest BCUT2D eigenvalue weighted by Crippen LogP contribution is 2.14. The van der Waals surface area contributed by atoms with E-state index in [9.17, 15) is 0 Å². The van der Waals surface area contributed by atoms with Crippen LogP contribution in [0.1, 0.15) is 17.0 Å². The average Bonchev–Trinajstić information content (AvgIpc) is 2.89. The molecule has 2 rings (SSSR count). The summed E-state index contributed by atoms with van der Waals surface area (Å²) >= 11 is 1.65. The van der Waals surface area contributed by atoms with Crippen molar-refractivity contribution in [3.05, 3.63) is 39.8 Å². The predicted octanol–water partition coefficient (Wildman–Crippen LogP) is 1.58. The number of amidine groups is 1. The molecule has 0 aromatic carbocycles. The van der Waals surface area contributed by atoms with Gasteiger partial charge in [0, 0.05) is 19.3 Å². The topological polar surface area (TPSA) is 87.6 Å². The third-order valence-corrected chi connectivity index (χ3v) is 3.29. The maximum atomic E-state index is 8.71. The number of nitrogens with zero attached hydrogens (tertiary/aromatic N) is 4.